The lowest BCUT2D eigenvalue weighted by atomic mass is 10.0. The molecule has 136 valence electrons. The molecule has 0 aliphatic rings. The number of methoxy groups -OCH3 is 1. The number of hydrogen-bond donors (Lipinski definition) is 2. The van der Waals surface area contributed by atoms with Crippen molar-refractivity contribution in [3.05, 3.63) is 48.3 Å². The van der Waals surface area contributed by atoms with E-state index in [0.717, 1.165) is 0 Å². The smallest absolute Gasteiger partial charge is 0.328 e. The number of halogens is 1. The van der Waals surface area contributed by atoms with Crippen molar-refractivity contribution >= 4 is 17.8 Å². The van der Waals surface area contributed by atoms with Crippen LogP contribution in [0.5, 0.6) is 0 Å². The summed E-state index contributed by atoms with van der Waals surface area (Å²) in [6.07, 6.45) is 2.56. The third-order valence-electron chi connectivity index (χ3n) is 3.48. The Morgan fingerprint density at radius 3 is 2.56 bits per heavy atom. The predicted octanol–water partition coefficient (Wildman–Crippen LogP) is 1.50. The van der Waals surface area contributed by atoms with Gasteiger partial charge in [0.1, 0.15) is 17.9 Å². The number of nitrogens with one attached hydrogen (secondary N) is 2. The largest absolute Gasteiger partial charge is 0.467 e. The summed E-state index contributed by atoms with van der Waals surface area (Å²) in [6, 6.07) is 3.97. The molecule has 0 heterocycles. The standard InChI is InChI=1S/C18H23FN2O4/c1-4-5-9-15(18(24)25-3)21-17(23)16(20-12(2)22)11-13-7-6-8-14(19)10-13/h4,6-8,10,15-16H,1,5,9,11H2,2-3H3,(H,20,22)(H,21,23)/t15-,16-/m1/s1. The average Bonchev–Trinajstić information content (AvgIpc) is 2.56. The molecule has 25 heavy (non-hydrogen) atoms. The Labute approximate surface area is 146 Å². The summed E-state index contributed by atoms with van der Waals surface area (Å²) in [4.78, 5) is 35.7. The van der Waals surface area contributed by atoms with E-state index in [9.17, 15) is 18.8 Å². The number of carbonyl (C=O) groups excluding carboxylic acids is 3. The highest BCUT2D eigenvalue weighted by atomic mass is 19.1. The van der Waals surface area contributed by atoms with E-state index in [2.05, 4.69) is 21.9 Å². The second kappa shape index (κ2) is 10.2. The van der Waals surface area contributed by atoms with Crippen molar-refractivity contribution in [1.82, 2.24) is 10.6 Å². The maximum Gasteiger partial charge on any atom is 0.328 e. The van der Waals surface area contributed by atoms with Crippen molar-refractivity contribution in [1.29, 1.82) is 0 Å². The highest BCUT2D eigenvalue weighted by Gasteiger charge is 2.26. The van der Waals surface area contributed by atoms with Gasteiger partial charge in [0.25, 0.3) is 0 Å². The lowest BCUT2D eigenvalue weighted by Gasteiger charge is -2.21. The number of benzene rings is 1. The van der Waals surface area contributed by atoms with Crippen LogP contribution in [0.1, 0.15) is 25.3 Å². The minimum Gasteiger partial charge on any atom is -0.467 e. The number of hydrogen-bond acceptors (Lipinski definition) is 4. The number of carbonyl (C=O) groups is 3. The molecule has 0 unspecified atom stereocenters. The molecule has 1 rings (SSSR count). The molecule has 2 atom stereocenters. The Hall–Kier alpha value is -2.70. The Bertz CT molecular complexity index is 633. The molecule has 0 saturated heterocycles. The van der Waals surface area contributed by atoms with Gasteiger partial charge in [-0.15, -0.1) is 6.58 Å². The van der Waals surface area contributed by atoms with E-state index in [1.54, 1.807) is 12.1 Å². The molecule has 1 aromatic carbocycles. The third kappa shape index (κ3) is 7.15. The van der Waals surface area contributed by atoms with E-state index in [-0.39, 0.29) is 6.42 Å². The normalized spacial score (nSPS) is 12.6. The molecule has 0 saturated carbocycles. The Balaban J connectivity index is 2.88. The first-order valence-electron chi connectivity index (χ1n) is 7.88. The van der Waals surface area contributed by atoms with Gasteiger partial charge in [-0.1, -0.05) is 18.2 Å². The van der Waals surface area contributed by atoms with Gasteiger partial charge in [0.05, 0.1) is 7.11 Å². The highest BCUT2D eigenvalue weighted by Crippen LogP contribution is 2.08. The van der Waals surface area contributed by atoms with Crippen molar-refractivity contribution in [3.63, 3.8) is 0 Å². The van der Waals surface area contributed by atoms with Crippen LogP contribution in [0, 0.1) is 5.82 Å². The van der Waals surface area contributed by atoms with Crippen LogP contribution in [-0.2, 0) is 25.5 Å². The molecule has 0 aliphatic carbocycles. The maximum absolute atomic E-state index is 13.3. The van der Waals surface area contributed by atoms with Gasteiger partial charge in [-0.25, -0.2) is 9.18 Å². The average molecular weight is 350 g/mol. The van der Waals surface area contributed by atoms with Crippen molar-refractivity contribution in [2.75, 3.05) is 7.11 Å². The predicted molar refractivity (Wildman–Crippen MR) is 91.1 cm³/mol. The van der Waals surface area contributed by atoms with Crippen LogP contribution in [-0.4, -0.2) is 37.0 Å². The fourth-order valence-electron chi connectivity index (χ4n) is 2.30. The molecule has 0 spiro atoms. The van der Waals surface area contributed by atoms with E-state index in [4.69, 9.17) is 0 Å². The molecule has 0 aromatic heterocycles. The fraction of sp³-hybridized carbons (Fsp3) is 0.389. The molecular weight excluding hydrogens is 327 g/mol. The van der Waals surface area contributed by atoms with E-state index >= 15 is 0 Å². The molecule has 0 bridgehead atoms. The van der Waals surface area contributed by atoms with Crippen LogP contribution in [0.15, 0.2) is 36.9 Å². The van der Waals surface area contributed by atoms with Gasteiger partial charge in [0, 0.05) is 13.3 Å². The number of rotatable bonds is 9. The molecular formula is C18H23FN2O4. The van der Waals surface area contributed by atoms with E-state index in [0.29, 0.717) is 18.4 Å². The first-order valence-corrected chi connectivity index (χ1v) is 7.88. The number of ether oxygens (including phenoxy) is 1. The zero-order valence-corrected chi connectivity index (χ0v) is 14.4. The summed E-state index contributed by atoms with van der Waals surface area (Å²) < 4.78 is 18.0. The second-order valence-corrected chi connectivity index (χ2v) is 5.54. The van der Waals surface area contributed by atoms with Gasteiger partial charge in [-0.3, -0.25) is 9.59 Å². The molecule has 6 nitrogen and oxygen atoms in total. The quantitative estimate of drug-likeness (QED) is 0.522. The van der Waals surface area contributed by atoms with Crippen LogP contribution in [0.3, 0.4) is 0 Å². The van der Waals surface area contributed by atoms with Gasteiger partial charge >= 0.3 is 5.97 Å². The van der Waals surface area contributed by atoms with Crippen LogP contribution < -0.4 is 10.6 Å². The summed E-state index contributed by atoms with van der Waals surface area (Å²) in [5.74, 6) is -1.96. The molecule has 0 radical (unpaired) electrons. The van der Waals surface area contributed by atoms with Crippen molar-refractivity contribution < 1.29 is 23.5 Å². The van der Waals surface area contributed by atoms with Crippen molar-refractivity contribution in [2.45, 2.75) is 38.3 Å². The maximum atomic E-state index is 13.3. The molecule has 1 aromatic rings. The summed E-state index contributed by atoms with van der Waals surface area (Å²) >= 11 is 0. The minimum atomic E-state index is -0.935. The SMILES string of the molecule is C=CCC[C@@H](NC(=O)[C@@H](Cc1cccc(F)c1)NC(C)=O)C(=O)OC. The monoisotopic (exact) mass is 350 g/mol. The van der Waals surface area contributed by atoms with Crippen molar-refractivity contribution in [2.24, 2.45) is 0 Å². The van der Waals surface area contributed by atoms with E-state index in [1.165, 1.54) is 32.2 Å². The fourth-order valence-corrected chi connectivity index (χ4v) is 2.30. The Kier molecular flexibility index (Phi) is 8.32. The molecule has 2 amide bonds. The van der Waals surface area contributed by atoms with Gasteiger partial charge in [-0.2, -0.15) is 0 Å². The van der Waals surface area contributed by atoms with Crippen LogP contribution in [0.2, 0.25) is 0 Å². The summed E-state index contributed by atoms with van der Waals surface area (Å²) in [6.45, 7) is 4.86. The lowest BCUT2D eigenvalue weighted by Crippen LogP contribution is -2.52. The van der Waals surface area contributed by atoms with Crippen LogP contribution >= 0.6 is 0 Å². The van der Waals surface area contributed by atoms with Crippen LogP contribution in [0.25, 0.3) is 0 Å². The van der Waals surface area contributed by atoms with Gasteiger partial charge in [0.15, 0.2) is 0 Å². The molecule has 0 aliphatic heterocycles. The number of amides is 2. The number of allylic oxidation sites excluding steroid dienone is 1. The highest BCUT2D eigenvalue weighted by molar-refractivity contribution is 5.90. The zero-order valence-electron chi connectivity index (χ0n) is 14.4. The first-order chi connectivity index (χ1) is 11.9. The first kappa shape index (κ1) is 20.3. The van der Waals surface area contributed by atoms with Gasteiger partial charge in [-0.05, 0) is 30.5 Å². The zero-order chi connectivity index (χ0) is 18.8. The van der Waals surface area contributed by atoms with E-state index < -0.39 is 35.7 Å². The second-order valence-electron chi connectivity index (χ2n) is 5.54. The molecule has 0 fully saturated rings. The van der Waals surface area contributed by atoms with E-state index in [1.807, 2.05) is 0 Å². The lowest BCUT2D eigenvalue weighted by molar-refractivity contribution is -0.145. The van der Waals surface area contributed by atoms with Gasteiger partial charge < -0.3 is 15.4 Å². The van der Waals surface area contributed by atoms with Gasteiger partial charge in [0.2, 0.25) is 11.8 Å². The summed E-state index contributed by atoms with van der Waals surface area (Å²) in [5.41, 5.74) is 0.551. The number of esters is 1. The topological polar surface area (TPSA) is 84.5 Å². The molecule has 2 N–H and O–H groups in total. The molecule has 7 heteroatoms. The minimum absolute atomic E-state index is 0.0958. The summed E-state index contributed by atoms with van der Waals surface area (Å²) in [7, 11) is 1.23. The third-order valence-corrected chi connectivity index (χ3v) is 3.48. The summed E-state index contributed by atoms with van der Waals surface area (Å²) in [5, 5.41) is 5.09. The Morgan fingerprint density at radius 2 is 2.00 bits per heavy atom. The van der Waals surface area contributed by atoms with Crippen molar-refractivity contribution in [3.8, 4) is 0 Å². The Morgan fingerprint density at radius 1 is 1.28 bits per heavy atom. The van der Waals surface area contributed by atoms with Crippen LogP contribution in [0.4, 0.5) is 4.39 Å².